The van der Waals surface area contributed by atoms with Crippen molar-refractivity contribution in [2.24, 2.45) is 0 Å². The SMILES string of the molecule is CN(CC1Cc2ccccc2O1)C(=O)c1cnc(CN2CCCC2)s1. The van der Waals surface area contributed by atoms with Crippen LogP contribution in [-0.2, 0) is 13.0 Å². The molecular formula is C19H23N3O2S. The fourth-order valence-corrected chi connectivity index (χ4v) is 4.50. The second kappa shape index (κ2) is 7.14. The molecule has 5 nitrogen and oxygen atoms in total. The van der Waals surface area contributed by atoms with Gasteiger partial charge >= 0.3 is 0 Å². The van der Waals surface area contributed by atoms with Crippen LogP contribution >= 0.6 is 11.3 Å². The van der Waals surface area contributed by atoms with Gasteiger partial charge in [-0.2, -0.15) is 0 Å². The Balaban J connectivity index is 1.34. The van der Waals surface area contributed by atoms with Crippen LogP contribution in [-0.4, -0.2) is 53.5 Å². The van der Waals surface area contributed by atoms with Crippen LogP contribution in [0.5, 0.6) is 5.75 Å². The van der Waals surface area contributed by atoms with E-state index in [4.69, 9.17) is 4.74 Å². The van der Waals surface area contributed by atoms with Crippen molar-refractivity contribution in [2.75, 3.05) is 26.7 Å². The monoisotopic (exact) mass is 357 g/mol. The lowest BCUT2D eigenvalue weighted by molar-refractivity contribution is 0.0735. The predicted octanol–water partition coefficient (Wildman–Crippen LogP) is 2.81. The molecule has 0 radical (unpaired) electrons. The molecule has 0 aliphatic carbocycles. The van der Waals surface area contributed by atoms with Gasteiger partial charge in [0.15, 0.2) is 0 Å². The third kappa shape index (κ3) is 3.70. The summed E-state index contributed by atoms with van der Waals surface area (Å²) in [6.45, 7) is 3.74. The van der Waals surface area contributed by atoms with Crippen LogP contribution in [0.2, 0.25) is 0 Å². The van der Waals surface area contributed by atoms with Gasteiger partial charge in [-0.25, -0.2) is 4.98 Å². The average molecular weight is 357 g/mol. The van der Waals surface area contributed by atoms with E-state index < -0.39 is 0 Å². The highest BCUT2D eigenvalue weighted by Crippen LogP contribution is 2.28. The van der Waals surface area contributed by atoms with E-state index in [0.29, 0.717) is 11.4 Å². The van der Waals surface area contributed by atoms with Crippen LogP contribution in [0, 0.1) is 0 Å². The lowest BCUT2D eigenvalue weighted by Gasteiger charge is -2.20. The molecular weight excluding hydrogens is 334 g/mol. The second-order valence-corrected chi connectivity index (χ2v) is 7.95. The molecule has 1 amide bonds. The highest BCUT2D eigenvalue weighted by molar-refractivity contribution is 7.13. The van der Waals surface area contributed by atoms with E-state index in [1.807, 2.05) is 25.2 Å². The maximum Gasteiger partial charge on any atom is 0.265 e. The van der Waals surface area contributed by atoms with E-state index in [0.717, 1.165) is 36.8 Å². The minimum absolute atomic E-state index is 0.0309. The number of rotatable bonds is 5. The Labute approximate surface area is 152 Å². The Bertz CT molecular complexity index is 730. The van der Waals surface area contributed by atoms with E-state index in [-0.39, 0.29) is 12.0 Å². The van der Waals surface area contributed by atoms with E-state index in [1.54, 1.807) is 11.1 Å². The summed E-state index contributed by atoms with van der Waals surface area (Å²) in [4.78, 5) is 22.0. The van der Waals surface area contributed by atoms with Crippen LogP contribution in [0.25, 0.3) is 0 Å². The van der Waals surface area contributed by atoms with Gasteiger partial charge in [0.1, 0.15) is 21.7 Å². The number of benzene rings is 1. The topological polar surface area (TPSA) is 45.7 Å². The number of likely N-dealkylation sites (N-methyl/N-ethyl adjacent to an activating group) is 1. The zero-order valence-electron chi connectivity index (χ0n) is 14.5. The van der Waals surface area contributed by atoms with E-state index in [1.165, 1.54) is 29.7 Å². The van der Waals surface area contributed by atoms with Gasteiger partial charge in [-0.1, -0.05) is 18.2 Å². The van der Waals surface area contributed by atoms with Gasteiger partial charge in [0.05, 0.1) is 19.3 Å². The van der Waals surface area contributed by atoms with Gasteiger partial charge in [0.2, 0.25) is 0 Å². The number of thiazole rings is 1. The van der Waals surface area contributed by atoms with E-state index in [2.05, 4.69) is 16.0 Å². The summed E-state index contributed by atoms with van der Waals surface area (Å²) in [6, 6.07) is 8.09. The molecule has 1 aromatic heterocycles. The molecule has 0 saturated carbocycles. The van der Waals surface area contributed by atoms with Crippen molar-refractivity contribution in [2.45, 2.75) is 31.9 Å². The number of hydrogen-bond donors (Lipinski definition) is 0. The zero-order chi connectivity index (χ0) is 17.2. The Morgan fingerprint density at radius 3 is 2.96 bits per heavy atom. The highest BCUT2D eigenvalue weighted by atomic mass is 32.1. The van der Waals surface area contributed by atoms with Crippen molar-refractivity contribution in [1.82, 2.24) is 14.8 Å². The summed E-state index contributed by atoms with van der Waals surface area (Å²) in [5.41, 5.74) is 1.22. The highest BCUT2D eigenvalue weighted by Gasteiger charge is 2.26. The van der Waals surface area contributed by atoms with Crippen molar-refractivity contribution >= 4 is 17.2 Å². The van der Waals surface area contributed by atoms with Gasteiger partial charge < -0.3 is 9.64 Å². The smallest absolute Gasteiger partial charge is 0.265 e. The molecule has 132 valence electrons. The molecule has 4 rings (SSSR count). The summed E-state index contributed by atoms with van der Waals surface area (Å²) in [5.74, 6) is 0.976. The molecule has 0 bridgehead atoms. The maximum absolute atomic E-state index is 12.7. The molecule has 1 fully saturated rings. The Morgan fingerprint density at radius 2 is 2.16 bits per heavy atom. The normalized spacial score (nSPS) is 19.6. The average Bonchev–Trinajstić information content (AvgIpc) is 3.34. The molecule has 2 aliphatic heterocycles. The first-order chi connectivity index (χ1) is 12.2. The molecule has 0 spiro atoms. The first kappa shape index (κ1) is 16.5. The van der Waals surface area contributed by atoms with Crippen LogP contribution in [0.1, 0.15) is 33.1 Å². The minimum Gasteiger partial charge on any atom is -0.488 e. The summed E-state index contributed by atoms with van der Waals surface area (Å²) >= 11 is 1.52. The molecule has 1 aromatic carbocycles. The minimum atomic E-state index is 0.0309. The molecule has 2 aliphatic rings. The quantitative estimate of drug-likeness (QED) is 0.825. The molecule has 6 heteroatoms. The fraction of sp³-hybridized carbons (Fsp3) is 0.474. The number of nitrogens with zero attached hydrogens (tertiary/aromatic N) is 3. The third-order valence-electron chi connectivity index (χ3n) is 4.86. The lowest BCUT2D eigenvalue weighted by Crippen LogP contribution is -2.36. The van der Waals surface area contributed by atoms with Crippen molar-refractivity contribution in [1.29, 1.82) is 0 Å². The van der Waals surface area contributed by atoms with Gasteiger partial charge in [0, 0.05) is 13.5 Å². The Hall–Kier alpha value is -1.92. The molecule has 0 N–H and O–H groups in total. The van der Waals surface area contributed by atoms with Crippen molar-refractivity contribution < 1.29 is 9.53 Å². The second-order valence-electron chi connectivity index (χ2n) is 6.84. The molecule has 2 aromatic rings. The predicted molar refractivity (Wildman–Crippen MR) is 98.1 cm³/mol. The Kier molecular flexibility index (Phi) is 4.72. The standard InChI is InChI=1S/C19H23N3O2S/c1-21(12-15-10-14-6-2-3-7-16(14)24-15)19(23)17-11-20-18(25-17)13-22-8-4-5-9-22/h2-3,6-7,11,15H,4-5,8-10,12-13H2,1H3. The summed E-state index contributed by atoms with van der Waals surface area (Å²) < 4.78 is 5.94. The molecule has 1 saturated heterocycles. The van der Waals surface area contributed by atoms with Crippen LogP contribution < -0.4 is 4.74 Å². The van der Waals surface area contributed by atoms with Crippen LogP contribution in [0.3, 0.4) is 0 Å². The van der Waals surface area contributed by atoms with Crippen molar-refractivity contribution in [3.05, 3.63) is 45.9 Å². The first-order valence-electron chi connectivity index (χ1n) is 8.86. The van der Waals surface area contributed by atoms with Gasteiger partial charge in [0.25, 0.3) is 5.91 Å². The Morgan fingerprint density at radius 1 is 1.36 bits per heavy atom. The maximum atomic E-state index is 12.7. The van der Waals surface area contributed by atoms with Gasteiger partial charge in [-0.15, -0.1) is 11.3 Å². The first-order valence-corrected chi connectivity index (χ1v) is 9.68. The summed E-state index contributed by atoms with van der Waals surface area (Å²) in [7, 11) is 1.84. The summed E-state index contributed by atoms with van der Waals surface area (Å²) in [5, 5.41) is 1.03. The zero-order valence-corrected chi connectivity index (χ0v) is 15.3. The number of para-hydroxylation sites is 1. The largest absolute Gasteiger partial charge is 0.488 e. The number of fused-ring (bicyclic) bond motifs is 1. The lowest BCUT2D eigenvalue weighted by atomic mass is 10.1. The van der Waals surface area contributed by atoms with Gasteiger partial charge in [-0.05, 0) is 37.6 Å². The number of carbonyl (C=O) groups excluding carboxylic acids is 1. The molecule has 25 heavy (non-hydrogen) atoms. The molecule has 3 heterocycles. The van der Waals surface area contributed by atoms with Crippen LogP contribution in [0.15, 0.2) is 30.5 Å². The molecule has 1 unspecified atom stereocenters. The number of aromatic nitrogens is 1. The number of likely N-dealkylation sites (tertiary alicyclic amines) is 1. The molecule has 1 atom stereocenters. The third-order valence-corrected chi connectivity index (χ3v) is 5.83. The van der Waals surface area contributed by atoms with E-state index >= 15 is 0 Å². The fourth-order valence-electron chi connectivity index (χ4n) is 3.55. The van der Waals surface area contributed by atoms with E-state index in [9.17, 15) is 4.79 Å². The number of carbonyl (C=O) groups is 1. The number of ether oxygens (including phenoxy) is 1. The van der Waals surface area contributed by atoms with Crippen LogP contribution in [0.4, 0.5) is 0 Å². The summed E-state index contributed by atoms with van der Waals surface area (Å²) in [6.07, 6.45) is 5.15. The van der Waals surface area contributed by atoms with Gasteiger partial charge in [-0.3, -0.25) is 9.69 Å². The number of hydrogen-bond acceptors (Lipinski definition) is 5. The van der Waals surface area contributed by atoms with Crippen molar-refractivity contribution in [3.8, 4) is 5.75 Å². The number of amides is 1. The van der Waals surface area contributed by atoms with Crippen molar-refractivity contribution in [3.63, 3.8) is 0 Å².